The summed E-state index contributed by atoms with van der Waals surface area (Å²) >= 11 is 5.74. The fourth-order valence-corrected chi connectivity index (χ4v) is 4.80. The molecule has 4 rings (SSSR count). The lowest BCUT2D eigenvalue weighted by molar-refractivity contribution is 0.292. The van der Waals surface area contributed by atoms with Crippen molar-refractivity contribution >= 4 is 17.3 Å². The van der Waals surface area contributed by atoms with Crippen LogP contribution in [0.3, 0.4) is 0 Å². The molecule has 26 heavy (non-hydrogen) atoms. The summed E-state index contributed by atoms with van der Waals surface area (Å²) in [5, 5.41) is 4.43. The van der Waals surface area contributed by atoms with Crippen molar-refractivity contribution in [3.63, 3.8) is 0 Å². The highest BCUT2D eigenvalue weighted by Crippen LogP contribution is 2.41. The number of nitrogens with one attached hydrogen (secondary N) is 1. The molecule has 5 heteroatoms. The number of pyridine rings is 1. The summed E-state index contributed by atoms with van der Waals surface area (Å²) in [6.45, 7) is 3.23. The maximum atomic E-state index is 5.74. The van der Waals surface area contributed by atoms with Gasteiger partial charge in [-0.3, -0.25) is 4.98 Å². The van der Waals surface area contributed by atoms with Crippen LogP contribution < -0.4 is 5.32 Å². The Balaban J connectivity index is 1.72. The number of hydrogen-bond donors (Lipinski definition) is 1. The van der Waals surface area contributed by atoms with Crippen LogP contribution in [0.2, 0.25) is 0 Å². The van der Waals surface area contributed by atoms with Gasteiger partial charge in [0.25, 0.3) is 0 Å². The predicted octanol–water partition coefficient (Wildman–Crippen LogP) is 4.77. The summed E-state index contributed by atoms with van der Waals surface area (Å²) in [7, 11) is 0. The topological polar surface area (TPSA) is 33.1 Å². The molecule has 4 nitrogen and oxygen atoms in total. The van der Waals surface area contributed by atoms with Crippen LogP contribution >= 0.6 is 12.2 Å². The molecule has 2 aliphatic rings. The Bertz CT molecular complexity index is 735. The van der Waals surface area contributed by atoms with Gasteiger partial charge in [-0.05, 0) is 55.7 Å². The Morgan fingerprint density at radius 3 is 2.77 bits per heavy atom. The summed E-state index contributed by atoms with van der Waals surface area (Å²) < 4.78 is 2.52. The van der Waals surface area contributed by atoms with Crippen LogP contribution in [-0.2, 0) is 0 Å². The van der Waals surface area contributed by atoms with E-state index in [0.29, 0.717) is 6.04 Å². The molecule has 2 aromatic rings. The first-order valence-electron chi connectivity index (χ1n) is 9.94. The molecule has 1 aliphatic carbocycles. The van der Waals surface area contributed by atoms with Crippen molar-refractivity contribution in [1.82, 2.24) is 19.8 Å². The molecule has 0 bridgehead atoms. The molecule has 2 aromatic heterocycles. The van der Waals surface area contributed by atoms with Crippen LogP contribution in [0.25, 0.3) is 0 Å². The quantitative estimate of drug-likeness (QED) is 0.745. The van der Waals surface area contributed by atoms with Gasteiger partial charge in [0, 0.05) is 30.7 Å². The molecule has 0 radical (unpaired) electrons. The van der Waals surface area contributed by atoms with Crippen molar-refractivity contribution in [3.05, 3.63) is 54.1 Å². The average Bonchev–Trinajstić information content (AvgIpc) is 3.40. The first kappa shape index (κ1) is 17.5. The second-order valence-corrected chi connectivity index (χ2v) is 7.84. The molecule has 2 atom stereocenters. The first-order valence-corrected chi connectivity index (χ1v) is 10.3. The molecule has 2 fully saturated rings. The van der Waals surface area contributed by atoms with E-state index in [1.165, 1.54) is 37.8 Å². The minimum Gasteiger partial charge on any atom is -0.352 e. The lowest BCUT2D eigenvalue weighted by atomic mass is 10.0. The minimum absolute atomic E-state index is 0.107. The summed E-state index contributed by atoms with van der Waals surface area (Å²) in [5.41, 5.74) is 2.44. The molecule has 1 saturated carbocycles. The summed E-state index contributed by atoms with van der Waals surface area (Å²) in [4.78, 5) is 7.03. The number of thiocarbonyl (C=S) groups is 1. The van der Waals surface area contributed by atoms with Gasteiger partial charge in [-0.15, -0.1) is 0 Å². The van der Waals surface area contributed by atoms with E-state index >= 15 is 0 Å². The predicted molar refractivity (Wildman–Crippen MR) is 109 cm³/mol. The molecule has 0 aromatic carbocycles. The van der Waals surface area contributed by atoms with Crippen LogP contribution in [0, 0.1) is 0 Å². The van der Waals surface area contributed by atoms with Crippen molar-refractivity contribution in [2.75, 3.05) is 6.54 Å². The molecule has 0 unspecified atom stereocenters. The van der Waals surface area contributed by atoms with Gasteiger partial charge >= 0.3 is 0 Å². The van der Waals surface area contributed by atoms with Gasteiger partial charge in [0.15, 0.2) is 5.11 Å². The van der Waals surface area contributed by atoms with E-state index in [9.17, 15) is 0 Å². The third-order valence-electron chi connectivity index (χ3n) is 5.78. The minimum atomic E-state index is 0.107. The van der Waals surface area contributed by atoms with Crippen molar-refractivity contribution in [3.8, 4) is 0 Å². The highest BCUT2D eigenvalue weighted by Gasteiger charge is 2.41. The highest BCUT2D eigenvalue weighted by atomic mass is 32.1. The van der Waals surface area contributed by atoms with E-state index in [1.807, 2.05) is 12.3 Å². The van der Waals surface area contributed by atoms with E-state index in [1.54, 1.807) is 0 Å². The Morgan fingerprint density at radius 1 is 1.19 bits per heavy atom. The second kappa shape index (κ2) is 7.78. The lowest BCUT2D eigenvalue weighted by Crippen LogP contribution is -2.31. The molecule has 0 spiro atoms. The summed E-state index contributed by atoms with van der Waals surface area (Å²) in [6.07, 6.45) is 11.7. The smallest absolute Gasteiger partial charge is 0.170 e. The van der Waals surface area contributed by atoms with Crippen LogP contribution in [0.5, 0.6) is 0 Å². The zero-order chi connectivity index (χ0) is 17.9. The Labute approximate surface area is 161 Å². The third kappa shape index (κ3) is 3.25. The molecular weight excluding hydrogens is 340 g/mol. The normalized spacial score (nSPS) is 23.6. The van der Waals surface area contributed by atoms with Gasteiger partial charge in [0.1, 0.15) is 0 Å². The maximum Gasteiger partial charge on any atom is 0.170 e. The number of hydrogen-bond acceptors (Lipinski definition) is 2. The standard InChI is InChI=1S/C21H28N4S/c1-2-3-14-25-20(18-12-8-15-24(18)16-9-4-5-10-16)19(23-21(25)26)17-11-6-7-13-22-17/h6-8,11-13,15-16,19-20H,2-5,9-10,14H2,1H3,(H,23,26)/t19-,20-/m0/s1. The van der Waals surface area contributed by atoms with Gasteiger partial charge in [0.05, 0.1) is 17.8 Å². The monoisotopic (exact) mass is 368 g/mol. The number of unbranched alkanes of at least 4 members (excludes halogenated alkanes) is 1. The van der Waals surface area contributed by atoms with Crippen molar-refractivity contribution in [2.45, 2.75) is 63.6 Å². The van der Waals surface area contributed by atoms with Gasteiger partial charge in [-0.2, -0.15) is 0 Å². The van der Waals surface area contributed by atoms with Gasteiger partial charge < -0.3 is 14.8 Å². The van der Waals surface area contributed by atoms with E-state index < -0.39 is 0 Å². The van der Waals surface area contributed by atoms with Crippen molar-refractivity contribution in [2.24, 2.45) is 0 Å². The Kier molecular flexibility index (Phi) is 5.25. The van der Waals surface area contributed by atoms with Crippen LogP contribution in [0.15, 0.2) is 42.7 Å². The molecule has 138 valence electrons. The zero-order valence-corrected chi connectivity index (χ0v) is 16.3. The van der Waals surface area contributed by atoms with Gasteiger partial charge in [-0.1, -0.05) is 32.3 Å². The van der Waals surface area contributed by atoms with Gasteiger partial charge in [0.2, 0.25) is 0 Å². The first-order chi connectivity index (χ1) is 12.8. The molecule has 0 amide bonds. The van der Waals surface area contributed by atoms with Crippen LogP contribution in [-0.4, -0.2) is 26.1 Å². The molecule has 1 N–H and O–H groups in total. The Hall–Kier alpha value is -1.88. The van der Waals surface area contributed by atoms with E-state index in [-0.39, 0.29) is 12.1 Å². The molecular formula is C21H28N4S. The second-order valence-electron chi connectivity index (χ2n) is 7.45. The van der Waals surface area contributed by atoms with Crippen LogP contribution in [0.4, 0.5) is 0 Å². The van der Waals surface area contributed by atoms with Crippen molar-refractivity contribution in [1.29, 1.82) is 0 Å². The molecule has 3 heterocycles. The summed E-state index contributed by atoms with van der Waals surface area (Å²) in [6, 6.07) is 11.6. The van der Waals surface area contributed by atoms with E-state index in [0.717, 1.165) is 23.8 Å². The summed E-state index contributed by atoms with van der Waals surface area (Å²) in [5.74, 6) is 0. The van der Waals surface area contributed by atoms with E-state index in [4.69, 9.17) is 12.2 Å². The number of aromatic nitrogens is 2. The lowest BCUT2D eigenvalue weighted by Gasteiger charge is -2.30. The fourth-order valence-electron chi connectivity index (χ4n) is 4.47. The van der Waals surface area contributed by atoms with E-state index in [2.05, 4.69) is 57.2 Å². The third-order valence-corrected chi connectivity index (χ3v) is 6.14. The zero-order valence-electron chi connectivity index (χ0n) is 15.5. The SMILES string of the molecule is CCCCN1C(=S)N[C@@H](c2ccccn2)[C@@H]1c1cccn1C1CCCC1. The maximum absolute atomic E-state index is 5.74. The van der Waals surface area contributed by atoms with Gasteiger partial charge in [-0.25, -0.2) is 0 Å². The Morgan fingerprint density at radius 2 is 2.04 bits per heavy atom. The average molecular weight is 369 g/mol. The number of rotatable bonds is 6. The largest absolute Gasteiger partial charge is 0.352 e. The highest BCUT2D eigenvalue weighted by molar-refractivity contribution is 7.80. The van der Waals surface area contributed by atoms with Crippen molar-refractivity contribution < 1.29 is 0 Å². The molecule has 1 saturated heterocycles. The van der Waals surface area contributed by atoms with Crippen LogP contribution in [0.1, 0.15) is 75.0 Å². The number of nitrogens with zero attached hydrogens (tertiary/aromatic N) is 3. The fraction of sp³-hybridized carbons (Fsp3) is 0.524. The molecule has 1 aliphatic heterocycles.